The first-order valence-corrected chi connectivity index (χ1v) is 3.19. The van der Waals surface area contributed by atoms with Crippen LogP contribution in [-0.4, -0.2) is 4.98 Å². The molecule has 0 saturated carbocycles. The minimum atomic E-state index is -2.28. The maximum Gasteiger partial charge on any atom is 0.308 e. The van der Waals surface area contributed by atoms with Crippen LogP contribution in [0.1, 0.15) is 0 Å². The number of nitrogens with zero attached hydrogens (tertiary/aromatic N) is 2. The van der Waals surface area contributed by atoms with Gasteiger partial charge in [-0.3, -0.25) is 4.98 Å². The Morgan fingerprint density at radius 2 is 1.75 bits per heavy atom. The summed E-state index contributed by atoms with van der Waals surface area (Å²) in [5.41, 5.74) is 0. The van der Waals surface area contributed by atoms with Gasteiger partial charge in [-0.05, 0) is 0 Å². The van der Waals surface area contributed by atoms with Gasteiger partial charge in [0, 0.05) is 0 Å². The zero-order chi connectivity index (χ0) is 8.97. The first-order chi connectivity index (χ1) is 5.70. The van der Waals surface area contributed by atoms with Crippen LogP contribution in [-0.2, 0) is 6.54 Å². The fourth-order valence-corrected chi connectivity index (χ4v) is 0.673. The Labute approximate surface area is 67.0 Å². The van der Waals surface area contributed by atoms with Gasteiger partial charge in [-0.15, -0.1) is 0 Å². The molecule has 64 valence electrons. The zero-order valence-corrected chi connectivity index (χ0v) is 6.04. The zero-order valence-electron chi connectivity index (χ0n) is 6.04. The molecule has 1 rings (SSSR count). The summed E-state index contributed by atoms with van der Waals surface area (Å²) in [6.45, 7) is -0.454. The Bertz CT molecular complexity index is 280. The van der Waals surface area contributed by atoms with Crippen LogP contribution in [0.4, 0.5) is 13.2 Å². The number of aromatic nitrogens is 2. The largest absolute Gasteiger partial charge is 0.308 e. The highest BCUT2D eigenvalue weighted by atomic mass is 19.3. The molecule has 0 aliphatic carbocycles. The molecule has 0 radical (unpaired) electrons. The summed E-state index contributed by atoms with van der Waals surface area (Å²) in [4.78, 5) is 3.65. The van der Waals surface area contributed by atoms with E-state index in [1.807, 2.05) is 0 Å². The molecule has 1 aromatic rings. The quantitative estimate of drug-likeness (QED) is 0.621. The van der Waals surface area contributed by atoms with Crippen LogP contribution in [0.25, 0.3) is 0 Å². The van der Waals surface area contributed by atoms with Crippen LogP contribution >= 0.6 is 0 Å². The van der Waals surface area contributed by atoms with Crippen molar-refractivity contribution < 1.29 is 17.7 Å². The fraction of sp³-hybridized carbons (Fsp3) is 0.143. The van der Waals surface area contributed by atoms with Crippen molar-refractivity contribution >= 4 is 0 Å². The Morgan fingerprint density at radius 3 is 2.25 bits per heavy atom. The summed E-state index contributed by atoms with van der Waals surface area (Å²) >= 11 is 0. The van der Waals surface area contributed by atoms with Crippen molar-refractivity contribution in [3.05, 3.63) is 36.7 Å². The van der Waals surface area contributed by atoms with Crippen LogP contribution in [0.3, 0.4) is 0 Å². The second-order valence-corrected chi connectivity index (χ2v) is 2.08. The molecule has 0 aliphatic heterocycles. The van der Waals surface area contributed by atoms with Crippen molar-refractivity contribution in [1.82, 2.24) is 4.98 Å². The first-order valence-electron chi connectivity index (χ1n) is 3.19. The van der Waals surface area contributed by atoms with E-state index >= 15 is 0 Å². The lowest BCUT2D eigenvalue weighted by atomic mass is 10.5. The van der Waals surface area contributed by atoms with Crippen molar-refractivity contribution in [3.8, 4) is 0 Å². The summed E-state index contributed by atoms with van der Waals surface area (Å²) in [6, 6.07) is 0. The van der Waals surface area contributed by atoms with Gasteiger partial charge in [0.2, 0.25) is 12.4 Å². The van der Waals surface area contributed by atoms with Gasteiger partial charge < -0.3 is 0 Å². The molecule has 2 nitrogen and oxygen atoms in total. The van der Waals surface area contributed by atoms with Crippen LogP contribution in [0.5, 0.6) is 0 Å². The average Bonchev–Trinajstić information content (AvgIpc) is 2.06. The van der Waals surface area contributed by atoms with Crippen molar-refractivity contribution in [3.63, 3.8) is 0 Å². The van der Waals surface area contributed by atoms with Crippen LogP contribution in [0.15, 0.2) is 36.7 Å². The minimum Gasteiger partial charge on any atom is -0.252 e. The molecule has 0 spiro atoms. The molecule has 0 saturated heterocycles. The molecule has 0 N–H and O–H groups in total. The van der Waals surface area contributed by atoms with E-state index in [1.165, 1.54) is 29.4 Å². The van der Waals surface area contributed by atoms with Crippen molar-refractivity contribution in [2.24, 2.45) is 0 Å². The van der Waals surface area contributed by atoms with E-state index in [-0.39, 0.29) is 0 Å². The Balaban J connectivity index is 2.72. The van der Waals surface area contributed by atoms with Crippen LogP contribution < -0.4 is 4.57 Å². The maximum absolute atomic E-state index is 12.3. The molecule has 0 atom stereocenters. The van der Waals surface area contributed by atoms with E-state index in [9.17, 15) is 13.2 Å². The van der Waals surface area contributed by atoms with Crippen LogP contribution in [0, 0.1) is 0 Å². The summed E-state index contributed by atoms with van der Waals surface area (Å²) in [5, 5.41) is 0. The molecule has 0 bridgehead atoms. The predicted molar refractivity (Wildman–Crippen MR) is 34.8 cm³/mol. The highest BCUT2D eigenvalue weighted by molar-refractivity contribution is 4.87. The molecule has 1 aromatic heterocycles. The molecule has 12 heavy (non-hydrogen) atoms. The third-order valence-electron chi connectivity index (χ3n) is 1.21. The lowest BCUT2D eigenvalue weighted by Gasteiger charge is -1.91. The standard InChI is InChI=1S/C7H6F3N2/c8-6(7(9)10)5-12-3-1-11-2-4-12/h1-4H,5H2/q+1. The maximum atomic E-state index is 12.3. The average molecular weight is 175 g/mol. The lowest BCUT2D eigenvalue weighted by molar-refractivity contribution is -0.691. The van der Waals surface area contributed by atoms with E-state index in [2.05, 4.69) is 4.98 Å². The number of allylic oxidation sites excluding steroid dienone is 1. The number of hydrogen-bond acceptors (Lipinski definition) is 1. The van der Waals surface area contributed by atoms with E-state index < -0.39 is 18.5 Å². The Kier molecular flexibility index (Phi) is 2.79. The summed E-state index contributed by atoms with van der Waals surface area (Å²) in [6.07, 6.45) is 3.32. The van der Waals surface area contributed by atoms with Gasteiger partial charge in [-0.1, -0.05) is 0 Å². The third-order valence-corrected chi connectivity index (χ3v) is 1.21. The highest BCUT2D eigenvalue weighted by Gasteiger charge is 2.10. The molecular formula is C7H6F3N2+. The minimum absolute atomic E-state index is 0.454. The molecular weight excluding hydrogens is 169 g/mol. The van der Waals surface area contributed by atoms with Crippen molar-refractivity contribution in [2.45, 2.75) is 6.54 Å². The second-order valence-electron chi connectivity index (χ2n) is 2.08. The van der Waals surface area contributed by atoms with Crippen LogP contribution in [0.2, 0.25) is 0 Å². The van der Waals surface area contributed by atoms with Crippen molar-refractivity contribution in [1.29, 1.82) is 0 Å². The summed E-state index contributed by atoms with van der Waals surface area (Å²) in [5.74, 6) is -1.42. The smallest absolute Gasteiger partial charge is 0.252 e. The first kappa shape index (κ1) is 8.70. The molecule has 1 heterocycles. The molecule has 0 amide bonds. The van der Waals surface area contributed by atoms with Crippen molar-refractivity contribution in [2.75, 3.05) is 0 Å². The van der Waals surface area contributed by atoms with E-state index in [0.29, 0.717) is 0 Å². The van der Waals surface area contributed by atoms with Gasteiger partial charge in [0.25, 0.3) is 0 Å². The Morgan fingerprint density at radius 1 is 1.17 bits per heavy atom. The lowest BCUT2D eigenvalue weighted by Crippen LogP contribution is -2.33. The summed E-state index contributed by atoms with van der Waals surface area (Å²) < 4.78 is 36.7. The molecule has 0 aliphatic rings. The van der Waals surface area contributed by atoms with E-state index in [0.717, 1.165) is 0 Å². The highest BCUT2D eigenvalue weighted by Crippen LogP contribution is 2.07. The molecule has 0 aromatic carbocycles. The summed E-state index contributed by atoms with van der Waals surface area (Å²) in [7, 11) is 0. The predicted octanol–water partition coefficient (Wildman–Crippen LogP) is 1.45. The number of halogens is 3. The van der Waals surface area contributed by atoms with Gasteiger partial charge in [-0.2, -0.15) is 17.7 Å². The van der Waals surface area contributed by atoms with E-state index in [4.69, 9.17) is 0 Å². The normalized spacial score (nSPS) is 9.58. The number of rotatable bonds is 2. The van der Waals surface area contributed by atoms with Gasteiger partial charge in [0.15, 0.2) is 12.4 Å². The van der Waals surface area contributed by atoms with Gasteiger partial charge in [0.05, 0.1) is 12.4 Å². The SMILES string of the molecule is FC(F)=C(F)C[n+]1ccncc1. The van der Waals surface area contributed by atoms with E-state index in [1.54, 1.807) is 0 Å². The molecule has 0 unspecified atom stereocenters. The van der Waals surface area contributed by atoms with Gasteiger partial charge in [0.1, 0.15) is 0 Å². The third kappa shape index (κ3) is 2.34. The van der Waals surface area contributed by atoms with Gasteiger partial charge in [-0.25, -0.2) is 0 Å². The molecule has 5 heteroatoms. The van der Waals surface area contributed by atoms with Gasteiger partial charge >= 0.3 is 6.08 Å². The number of hydrogen-bond donors (Lipinski definition) is 0. The topological polar surface area (TPSA) is 16.8 Å². The Hall–Kier alpha value is -1.39. The second kappa shape index (κ2) is 3.85. The monoisotopic (exact) mass is 175 g/mol. The molecule has 0 fully saturated rings. The fourth-order valence-electron chi connectivity index (χ4n) is 0.673.